The van der Waals surface area contributed by atoms with Crippen molar-refractivity contribution in [1.29, 1.82) is 0 Å². The van der Waals surface area contributed by atoms with Crippen LogP contribution in [0.1, 0.15) is 104 Å². The first kappa shape index (κ1) is 73.2. The number of hydrogen-bond donors (Lipinski definition) is 3. The molecule has 10 unspecified atom stereocenters. The van der Waals surface area contributed by atoms with Gasteiger partial charge in [-0.15, -0.1) is 0 Å². The molecule has 12 atom stereocenters. The predicted molar refractivity (Wildman–Crippen MR) is 297 cm³/mol. The first-order valence-corrected chi connectivity index (χ1v) is 30.2. The molecule has 4 aliphatic carbocycles. The number of fused-ring (bicyclic) bond motifs is 5. The highest BCUT2D eigenvalue weighted by Crippen LogP contribution is 2.68. The van der Waals surface area contributed by atoms with Crippen molar-refractivity contribution in [3.05, 3.63) is 0 Å². The Kier molecular flexibility index (Phi) is 37.1. The quantitative estimate of drug-likeness (QED) is 0.0340. The third-order valence-electron chi connectivity index (χ3n) is 17.0. The normalized spacial score (nSPS) is 26.1. The van der Waals surface area contributed by atoms with E-state index < -0.39 is 73.2 Å². The van der Waals surface area contributed by atoms with E-state index in [0.717, 1.165) is 25.7 Å². The molecule has 4 rings (SSSR count). The van der Waals surface area contributed by atoms with Gasteiger partial charge in [0.15, 0.2) is 19.7 Å². The molecule has 0 bridgehead atoms. The first-order valence-electron chi connectivity index (χ1n) is 30.2. The summed E-state index contributed by atoms with van der Waals surface area (Å²) in [4.78, 5) is 63.9. The standard InChI is InChI=1S/C59H102O25/c1-43(47-7-8-48-57-49(38-51(62)59(47,48)3)58(2)15-14-45(60)36-44(58)37-50(57)61)6-9-52(63)80-39-46(84-56(67)13-12-55(66)83-42-79-35-33-77-31-29-75-27-25-73-23-21-71-19-17-69-5)40-81-53(64)10-11-54(65)82-41-78-34-32-76-30-28-74-26-24-72-22-20-70-18-16-68-4/h43-51,57,60-62H,6-42H2,1-5H3/t43?,44?,45-,46?,47?,48?,49?,50?,51+,57?,58?,59?/m1/s1. The van der Waals surface area contributed by atoms with Gasteiger partial charge in [-0.05, 0) is 97.7 Å². The molecule has 3 N–H and O–H groups in total. The lowest BCUT2D eigenvalue weighted by atomic mass is 9.43. The van der Waals surface area contributed by atoms with Crippen LogP contribution >= 0.6 is 0 Å². The van der Waals surface area contributed by atoms with Crippen LogP contribution < -0.4 is 0 Å². The second-order valence-corrected chi connectivity index (χ2v) is 22.5. The van der Waals surface area contributed by atoms with Crippen molar-refractivity contribution in [2.24, 2.45) is 46.3 Å². The lowest BCUT2D eigenvalue weighted by Gasteiger charge is -2.63. The van der Waals surface area contributed by atoms with Crippen LogP contribution in [0.15, 0.2) is 0 Å². The fourth-order valence-electron chi connectivity index (χ4n) is 12.5. The van der Waals surface area contributed by atoms with E-state index in [4.69, 9.17) is 80.5 Å². The van der Waals surface area contributed by atoms with E-state index in [9.17, 15) is 39.3 Å². The topological polar surface area (TPSA) is 303 Å². The third-order valence-corrected chi connectivity index (χ3v) is 17.0. The second-order valence-electron chi connectivity index (χ2n) is 22.5. The molecule has 488 valence electrons. The Bertz CT molecular complexity index is 1810. The molecule has 0 aromatic rings. The van der Waals surface area contributed by atoms with Crippen molar-refractivity contribution >= 4 is 29.8 Å². The number of esters is 5. The van der Waals surface area contributed by atoms with Gasteiger partial charge in [-0.2, -0.15) is 0 Å². The fraction of sp³-hybridized carbons (Fsp3) is 0.915. The molecule has 0 heterocycles. The lowest BCUT2D eigenvalue weighted by Crippen LogP contribution is -2.62. The number of carbonyl (C=O) groups is 5. The summed E-state index contributed by atoms with van der Waals surface area (Å²) in [5, 5.41) is 34.2. The molecule has 0 amide bonds. The molecule has 25 nitrogen and oxygen atoms in total. The van der Waals surface area contributed by atoms with Crippen molar-refractivity contribution in [3.8, 4) is 0 Å². The van der Waals surface area contributed by atoms with E-state index >= 15 is 0 Å². The maximum atomic E-state index is 13.3. The summed E-state index contributed by atoms with van der Waals surface area (Å²) in [6, 6.07) is 0. The number of methoxy groups -OCH3 is 2. The number of aliphatic hydroxyl groups is 3. The minimum Gasteiger partial charge on any atom is -0.462 e. The molecular formula is C59H102O25. The molecule has 84 heavy (non-hydrogen) atoms. The van der Waals surface area contributed by atoms with E-state index in [2.05, 4.69) is 20.8 Å². The van der Waals surface area contributed by atoms with Crippen LogP contribution in [-0.2, 0) is 104 Å². The van der Waals surface area contributed by atoms with E-state index in [0.29, 0.717) is 131 Å². The monoisotopic (exact) mass is 1210 g/mol. The van der Waals surface area contributed by atoms with Gasteiger partial charge in [0.1, 0.15) is 13.2 Å². The van der Waals surface area contributed by atoms with Gasteiger partial charge in [0.25, 0.3) is 0 Å². The van der Waals surface area contributed by atoms with E-state index in [-0.39, 0.29) is 113 Å². The molecular weight excluding hydrogens is 1110 g/mol. The SMILES string of the molecule is COCCOCCOCCOCCOCCOCOC(=O)CCC(=O)OCC(COC(=O)CCC(C)C1CCC2C3C(O)CC4C[C@H](O)CCC4(C)C3C[C@H](O)C12C)OC(=O)CCC(=O)OCOCCOCCOCCOCCOCCOC. The Morgan fingerprint density at radius 2 is 0.869 bits per heavy atom. The van der Waals surface area contributed by atoms with Crippen LogP contribution in [0.4, 0.5) is 0 Å². The fourth-order valence-corrected chi connectivity index (χ4v) is 12.5. The maximum Gasteiger partial charge on any atom is 0.308 e. The predicted octanol–water partition coefficient (Wildman–Crippen LogP) is 3.38. The highest BCUT2D eigenvalue weighted by atomic mass is 16.7. The van der Waals surface area contributed by atoms with Crippen molar-refractivity contribution in [2.45, 2.75) is 129 Å². The van der Waals surface area contributed by atoms with Gasteiger partial charge < -0.3 is 95.8 Å². The number of rotatable bonds is 49. The first-order chi connectivity index (χ1) is 40.6. The summed E-state index contributed by atoms with van der Waals surface area (Å²) in [6.45, 7) is 12.6. The van der Waals surface area contributed by atoms with Crippen molar-refractivity contribution in [1.82, 2.24) is 0 Å². The largest absolute Gasteiger partial charge is 0.462 e. The van der Waals surface area contributed by atoms with Crippen LogP contribution in [0.2, 0.25) is 0 Å². The molecule has 0 aliphatic heterocycles. The molecule has 0 aromatic heterocycles. The minimum atomic E-state index is -1.25. The van der Waals surface area contributed by atoms with Crippen LogP contribution in [-0.4, -0.2) is 243 Å². The highest BCUT2D eigenvalue weighted by Gasteiger charge is 2.65. The summed E-state index contributed by atoms with van der Waals surface area (Å²) < 4.78 is 90.2. The summed E-state index contributed by atoms with van der Waals surface area (Å²) in [6.07, 6.45) is 1.65. The van der Waals surface area contributed by atoms with Crippen molar-refractivity contribution in [2.75, 3.05) is 173 Å². The van der Waals surface area contributed by atoms with Gasteiger partial charge in [0, 0.05) is 20.6 Å². The van der Waals surface area contributed by atoms with Crippen molar-refractivity contribution < 1.29 is 120 Å². The van der Waals surface area contributed by atoms with Crippen molar-refractivity contribution in [3.63, 3.8) is 0 Å². The zero-order valence-corrected chi connectivity index (χ0v) is 50.8. The number of ether oxygens (including phenoxy) is 17. The Morgan fingerprint density at radius 1 is 0.464 bits per heavy atom. The summed E-state index contributed by atoms with van der Waals surface area (Å²) in [5.41, 5.74) is -0.501. The molecule has 25 heteroatoms. The van der Waals surface area contributed by atoms with Crippen LogP contribution in [0, 0.1) is 46.3 Å². The number of aliphatic hydroxyl groups excluding tert-OH is 3. The van der Waals surface area contributed by atoms with E-state index in [1.165, 1.54) is 0 Å². The zero-order chi connectivity index (χ0) is 60.8. The second kappa shape index (κ2) is 42.6. The van der Waals surface area contributed by atoms with Gasteiger partial charge >= 0.3 is 29.8 Å². The minimum absolute atomic E-state index is 0.0223. The average molecular weight is 1210 g/mol. The molecule has 4 saturated carbocycles. The Labute approximate surface area is 496 Å². The smallest absolute Gasteiger partial charge is 0.308 e. The Hall–Kier alpha value is -3.25. The maximum absolute atomic E-state index is 13.3. The summed E-state index contributed by atoms with van der Waals surface area (Å²) in [5.74, 6) is -3.01. The van der Waals surface area contributed by atoms with Gasteiger partial charge in [-0.25, -0.2) is 0 Å². The molecule has 0 radical (unpaired) electrons. The zero-order valence-electron chi connectivity index (χ0n) is 50.8. The van der Waals surface area contributed by atoms with E-state index in [1.54, 1.807) is 14.2 Å². The Morgan fingerprint density at radius 3 is 1.32 bits per heavy atom. The lowest BCUT2D eigenvalue weighted by molar-refractivity contribution is -0.207. The van der Waals surface area contributed by atoms with Gasteiger partial charge in [0.2, 0.25) is 0 Å². The van der Waals surface area contributed by atoms with Crippen LogP contribution in [0.25, 0.3) is 0 Å². The van der Waals surface area contributed by atoms with Gasteiger partial charge in [0.05, 0.1) is 176 Å². The molecule has 0 spiro atoms. The summed E-state index contributed by atoms with van der Waals surface area (Å²) >= 11 is 0. The Balaban J connectivity index is 1.14. The average Bonchev–Trinajstić information content (AvgIpc) is 1.35. The van der Waals surface area contributed by atoms with E-state index in [1.807, 2.05) is 0 Å². The highest BCUT2D eigenvalue weighted by molar-refractivity contribution is 5.78. The molecule has 4 fully saturated rings. The number of carbonyl (C=O) groups excluding carboxylic acids is 5. The third kappa shape index (κ3) is 27.0. The van der Waals surface area contributed by atoms with Gasteiger partial charge in [-0.3, -0.25) is 24.0 Å². The van der Waals surface area contributed by atoms with Crippen LogP contribution in [0.3, 0.4) is 0 Å². The number of hydrogen-bond acceptors (Lipinski definition) is 25. The van der Waals surface area contributed by atoms with Crippen LogP contribution in [0.5, 0.6) is 0 Å². The molecule has 0 aromatic carbocycles. The molecule has 4 aliphatic rings. The molecule has 0 saturated heterocycles. The summed E-state index contributed by atoms with van der Waals surface area (Å²) in [7, 11) is 3.22. The van der Waals surface area contributed by atoms with Gasteiger partial charge in [-0.1, -0.05) is 20.8 Å².